The average molecular weight is 735 g/mol. The third-order valence-corrected chi connectivity index (χ3v) is 10.3. The molecule has 1 amide bonds. The predicted molar refractivity (Wildman–Crippen MR) is 226 cm³/mol. The van der Waals surface area contributed by atoms with Crippen molar-refractivity contribution >= 4 is 5.91 Å². The summed E-state index contributed by atoms with van der Waals surface area (Å²) in [7, 11) is 0. The summed E-state index contributed by atoms with van der Waals surface area (Å²) in [6.45, 7) is 13.7. The second-order valence-electron chi connectivity index (χ2n) is 15.1. The van der Waals surface area contributed by atoms with E-state index in [1.807, 2.05) is 0 Å². The van der Waals surface area contributed by atoms with Crippen LogP contribution in [0.15, 0.2) is 24.3 Å². The van der Waals surface area contributed by atoms with E-state index in [2.05, 4.69) is 56.9 Å². The Labute approximate surface area is 324 Å². The van der Waals surface area contributed by atoms with Crippen LogP contribution in [0, 0.1) is 0 Å². The number of carbonyl (C=O) groups is 1. The Morgan fingerprint density at radius 2 is 0.885 bits per heavy atom. The van der Waals surface area contributed by atoms with Gasteiger partial charge in [0.25, 0.3) is 0 Å². The van der Waals surface area contributed by atoms with Gasteiger partial charge < -0.3 is 24.8 Å². The highest BCUT2D eigenvalue weighted by molar-refractivity contribution is 5.79. The first-order valence-corrected chi connectivity index (χ1v) is 22.7. The Kier molecular flexibility index (Phi) is 41.5. The highest BCUT2D eigenvalue weighted by Gasteiger charge is 2.28. The SMILES string of the molecule is CCCCCCCCC=CCCCCCCCCOCC(OCCN(CC)CC)C(OCCCCCCCCC=CCCCCCCCC)C(N)=O. The van der Waals surface area contributed by atoms with Crippen molar-refractivity contribution in [3.05, 3.63) is 24.3 Å². The van der Waals surface area contributed by atoms with Gasteiger partial charge in [-0.15, -0.1) is 0 Å². The summed E-state index contributed by atoms with van der Waals surface area (Å²) in [5.41, 5.74) is 5.84. The number of likely N-dealkylation sites (N-methyl/N-ethyl adjacent to an activating group) is 1. The number of hydrogen-bond acceptors (Lipinski definition) is 5. The molecule has 2 atom stereocenters. The van der Waals surface area contributed by atoms with Crippen molar-refractivity contribution in [1.82, 2.24) is 4.90 Å². The second-order valence-corrected chi connectivity index (χ2v) is 15.1. The molecular weight excluding hydrogens is 645 g/mol. The molecule has 2 unspecified atom stereocenters. The van der Waals surface area contributed by atoms with Crippen LogP contribution in [0.2, 0.25) is 0 Å². The molecule has 0 aliphatic heterocycles. The van der Waals surface area contributed by atoms with Crippen LogP contribution in [0.5, 0.6) is 0 Å². The molecule has 6 nitrogen and oxygen atoms in total. The van der Waals surface area contributed by atoms with Gasteiger partial charge in [0.15, 0.2) is 6.10 Å². The van der Waals surface area contributed by atoms with E-state index in [0.29, 0.717) is 26.4 Å². The normalized spacial score (nSPS) is 13.2. The minimum Gasteiger partial charge on any atom is -0.379 e. The van der Waals surface area contributed by atoms with Crippen LogP contribution in [0.25, 0.3) is 0 Å². The molecule has 0 aromatic rings. The standard InChI is InChI=1S/C46H90N2O4/c1-5-9-11-13-15-17-19-21-23-25-27-29-31-33-35-37-40-50-43-44(51-42-39-48(7-3)8-4)45(46(47)49)52-41-38-36-34-32-30-28-26-24-22-20-18-16-14-12-10-6-2/h21-24,44-45H,5-20,25-43H2,1-4H3,(H2,47,49). The number of unbranched alkanes of at least 4 members (excludes halogenated alkanes) is 24. The van der Waals surface area contributed by atoms with E-state index in [-0.39, 0.29) is 0 Å². The number of carbonyl (C=O) groups excluding carboxylic acids is 1. The van der Waals surface area contributed by atoms with E-state index < -0.39 is 18.1 Å². The molecule has 0 saturated carbocycles. The number of nitrogens with zero attached hydrogens (tertiary/aromatic N) is 1. The topological polar surface area (TPSA) is 74.0 Å². The molecule has 0 fully saturated rings. The fourth-order valence-electron chi connectivity index (χ4n) is 6.68. The number of nitrogens with two attached hydrogens (primary N) is 1. The van der Waals surface area contributed by atoms with Crippen LogP contribution in [-0.4, -0.2) is 69.1 Å². The smallest absolute Gasteiger partial charge is 0.249 e. The Bertz CT molecular complexity index is 769. The number of allylic oxidation sites excluding steroid dienone is 4. The van der Waals surface area contributed by atoms with Gasteiger partial charge in [-0.3, -0.25) is 4.79 Å². The lowest BCUT2D eigenvalue weighted by molar-refractivity contribution is -0.148. The van der Waals surface area contributed by atoms with Crippen molar-refractivity contribution < 1.29 is 19.0 Å². The number of amides is 1. The van der Waals surface area contributed by atoms with Crippen LogP contribution in [-0.2, 0) is 19.0 Å². The molecule has 6 heteroatoms. The lowest BCUT2D eigenvalue weighted by Crippen LogP contribution is -2.46. The molecule has 0 bridgehead atoms. The molecule has 0 spiro atoms. The van der Waals surface area contributed by atoms with Crippen molar-refractivity contribution in [2.24, 2.45) is 5.73 Å². The Hall–Kier alpha value is -1.21. The van der Waals surface area contributed by atoms with Gasteiger partial charge in [0.05, 0.1) is 13.2 Å². The third-order valence-electron chi connectivity index (χ3n) is 10.3. The van der Waals surface area contributed by atoms with E-state index >= 15 is 0 Å². The first kappa shape index (κ1) is 50.8. The maximum atomic E-state index is 12.5. The van der Waals surface area contributed by atoms with Crippen molar-refractivity contribution in [3.63, 3.8) is 0 Å². The summed E-state index contributed by atoms with van der Waals surface area (Å²) in [6.07, 6.45) is 44.1. The van der Waals surface area contributed by atoms with E-state index in [0.717, 1.165) is 38.9 Å². The van der Waals surface area contributed by atoms with Gasteiger partial charge in [0.1, 0.15) is 6.10 Å². The van der Waals surface area contributed by atoms with Crippen molar-refractivity contribution in [2.75, 3.05) is 46.1 Å². The molecular formula is C46H90N2O4. The summed E-state index contributed by atoms with van der Waals surface area (Å²) in [4.78, 5) is 14.8. The molecule has 0 aliphatic rings. The lowest BCUT2D eigenvalue weighted by atomic mass is 10.1. The van der Waals surface area contributed by atoms with Crippen molar-refractivity contribution in [2.45, 2.75) is 220 Å². The Balaban J connectivity index is 4.18. The highest BCUT2D eigenvalue weighted by Crippen LogP contribution is 2.14. The maximum Gasteiger partial charge on any atom is 0.249 e. The first-order valence-electron chi connectivity index (χ1n) is 22.7. The summed E-state index contributed by atoms with van der Waals surface area (Å²) in [5.74, 6) is -0.460. The van der Waals surface area contributed by atoms with Gasteiger partial charge in [-0.25, -0.2) is 0 Å². The minimum atomic E-state index is -0.778. The zero-order valence-corrected chi connectivity index (χ0v) is 35.4. The van der Waals surface area contributed by atoms with Crippen molar-refractivity contribution in [3.8, 4) is 0 Å². The number of hydrogen-bond donors (Lipinski definition) is 1. The Morgan fingerprint density at radius 3 is 1.29 bits per heavy atom. The zero-order chi connectivity index (χ0) is 38.0. The number of rotatable bonds is 43. The molecule has 0 saturated heterocycles. The van der Waals surface area contributed by atoms with Gasteiger partial charge >= 0.3 is 0 Å². The van der Waals surface area contributed by atoms with Crippen LogP contribution in [0.3, 0.4) is 0 Å². The molecule has 2 N–H and O–H groups in total. The zero-order valence-electron chi connectivity index (χ0n) is 35.4. The lowest BCUT2D eigenvalue weighted by Gasteiger charge is -2.27. The molecule has 0 radical (unpaired) electrons. The van der Waals surface area contributed by atoms with Crippen LogP contribution in [0.1, 0.15) is 207 Å². The van der Waals surface area contributed by atoms with Crippen LogP contribution in [0.4, 0.5) is 0 Å². The van der Waals surface area contributed by atoms with Crippen molar-refractivity contribution in [1.29, 1.82) is 0 Å². The largest absolute Gasteiger partial charge is 0.379 e. The molecule has 0 heterocycles. The monoisotopic (exact) mass is 735 g/mol. The number of primary amides is 1. The van der Waals surface area contributed by atoms with E-state index in [1.165, 1.54) is 161 Å². The van der Waals surface area contributed by atoms with Gasteiger partial charge in [-0.1, -0.05) is 168 Å². The molecule has 0 aromatic carbocycles. The first-order chi connectivity index (χ1) is 25.6. The van der Waals surface area contributed by atoms with E-state index in [1.54, 1.807) is 0 Å². The van der Waals surface area contributed by atoms with Crippen LogP contribution < -0.4 is 5.73 Å². The quantitative estimate of drug-likeness (QED) is 0.0499. The van der Waals surface area contributed by atoms with Gasteiger partial charge in [0, 0.05) is 19.8 Å². The molecule has 52 heavy (non-hydrogen) atoms. The van der Waals surface area contributed by atoms with E-state index in [4.69, 9.17) is 19.9 Å². The fraction of sp³-hybridized carbons (Fsp3) is 0.891. The third kappa shape index (κ3) is 35.8. The minimum absolute atomic E-state index is 0.338. The van der Waals surface area contributed by atoms with Crippen LogP contribution >= 0.6 is 0 Å². The predicted octanol–water partition coefficient (Wildman–Crippen LogP) is 12.7. The fourth-order valence-corrected chi connectivity index (χ4v) is 6.68. The maximum absolute atomic E-state index is 12.5. The summed E-state index contributed by atoms with van der Waals surface area (Å²) in [6, 6.07) is 0. The summed E-state index contributed by atoms with van der Waals surface area (Å²) < 4.78 is 18.3. The second kappa shape index (κ2) is 42.5. The molecule has 0 rings (SSSR count). The molecule has 0 aromatic heterocycles. The van der Waals surface area contributed by atoms with E-state index in [9.17, 15) is 4.79 Å². The molecule has 0 aliphatic carbocycles. The van der Waals surface area contributed by atoms with Gasteiger partial charge in [0.2, 0.25) is 5.91 Å². The summed E-state index contributed by atoms with van der Waals surface area (Å²) >= 11 is 0. The average Bonchev–Trinajstić information content (AvgIpc) is 3.14. The molecule has 308 valence electrons. The van der Waals surface area contributed by atoms with Gasteiger partial charge in [-0.05, 0) is 77.3 Å². The summed E-state index contributed by atoms with van der Waals surface area (Å²) in [5, 5.41) is 0. The highest BCUT2D eigenvalue weighted by atomic mass is 16.6. The van der Waals surface area contributed by atoms with Gasteiger partial charge in [-0.2, -0.15) is 0 Å². The number of ether oxygens (including phenoxy) is 3. The Morgan fingerprint density at radius 1 is 0.500 bits per heavy atom.